The lowest BCUT2D eigenvalue weighted by atomic mass is 10.1. The maximum atomic E-state index is 14.9. The van der Waals surface area contributed by atoms with Crippen LogP contribution in [0, 0.1) is 5.82 Å². The zero-order chi connectivity index (χ0) is 23.3. The summed E-state index contributed by atoms with van der Waals surface area (Å²) in [6.07, 6.45) is -0.0213. The molecule has 172 valence electrons. The molecule has 9 heteroatoms. The number of carbonyl (C=O) groups excluding carboxylic acids is 1. The van der Waals surface area contributed by atoms with Crippen molar-refractivity contribution in [2.24, 2.45) is 0 Å². The molecular weight excluding hydrogens is 445 g/mol. The third-order valence-electron chi connectivity index (χ3n) is 5.96. The first-order chi connectivity index (χ1) is 15.7. The topological polar surface area (TPSA) is 79.0 Å². The summed E-state index contributed by atoms with van der Waals surface area (Å²) in [6, 6.07) is 14.8. The minimum Gasteiger partial charge on any atom is -0.372 e. The van der Waals surface area contributed by atoms with Gasteiger partial charge in [0.05, 0.1) is 28.5 Å². The van der Waals surface area contributed by atoms with Crippen LogP contribution in [0.3, 0.4) is 0 Å². The molecule has 1 amide bonds. The molecule has 1 N–H and O–H groups in total. The van der Waals surface area contributed by atoms with E-state index in [9.17, 15) is 17.6 Å². The first kappa shape index (κ1) is 21.7. The first-order valence-electron chi connectivity index (χ1n) is 10.8. The number of morpholine rings is 1. The number of hydrogen-bond acceptors (Lipinski definition) is 5. The van der Waals surface area contributed by atoms with E-state index < -0.39 is 28.3 Å². The van der Waals surface area contributed by atoms with Gasteiger partial charge < -0.3 is 15.0 Å². The molecule has 2 heterocycles. The lowest BCUT2D eigenvalue weighted by Gasteiger charge is -2.37. The summed E-state index contributed by atoms with van der Waals surface area (Å²) in [5, 5.41) is 4.03. The Labute approximate surface area is 191 Å². The van der Waals surface area contributed by atoms with Crippen molar-refractivity contribution in [1.82, 2.24) is 0 Å². The number of rotatable bonds is 4. The second kappa shape index (κ2) is 8.00. The molecule has 1 fully saturated rings. The number of hydrogen-bond donors (Lipinski definition) is 1. The van der Waals surface area contributed by atoms with Gasteiger partial charge in [-0.15, -0.1) is 0 Å². The van der Waals surface area contributed by atoms with Crippen LogP contribution in [0.2, 0.25) is 0 Å². The van der Waals surface area contributed by atoms with Gasteiger partial charge in [0, 0.05) is 24.2 Å². The Morgan fingerprint density at radius 2 is 1.76 bits per heavy atom. The van der Waals surface area contributed by atoms with Crippen LogP contribution in [-0.4, -0.2) is 46.2 Å². The van der Waals surface area contributed by atoms with Crippen molar-refractivity contribution in [3.8, 4) is 0 Å². The van der Waals surface area contributed by atoms with Crippen LogP contribution in [0.15, 0.2) is 59.5 Å². The number of amides is 1. The van der Waals surface area contributed by atoms with E-state index in [4.69, 9.17) is 4.74 Å². The number of nitrogens with zero attached hydrogens (tertiary/aromatic N) is 2. The summed E-state index contributed by atoms with van der Waals surface area (Å²) in [4.78, 5) is 14.9. The normalized spacial score (nSPS) is 21.4. The molecule has 0 aliphatic carbocycles. The molecule has 0 bridgehead atoms. The maximum Gasteiger partial charge on any atom is 0.265 e. The highest BCUT2D eigenvalue weighted by Crippen LogP contribution is 2.41. The lowest BCUT2D eigenvalue weighted by molar-refractivity contribution is -0.114. The van der Waals surface area contributed by atoms with Gasteiger partial charge in [0.1, 0.15) is 12.4 Å². The molecule has 0 saturated carbocycles. The molecule has 2 atom stereocenters. The Morgan fingerprint density at radius 1 is 1.06 bits per heavy atom. The molecule has 0 spiro atoms. The number of benzene rings is 3. The van der Waals surface area contributed by atoms with E-state index in [0.29, 0.717) is 29.9 Å². The van der Waals surface area contributed by atoms with Crippen molar-refractivity contribution in [3.05, 3.63) is 60.4 Å². The smallest absolute Gasteiger partial charge is 0.265 e. The monoisotopic (exact) mass is 469 g/mol. The Balaban J connectivity index is 1.34. The van der Waals surface area contributed by atoms with Crippen LogP contribution < -0.4 is 14.5 Å². The van der Waals surface area contributed by atoms with Gasteiger partial charge in [0.2, 0.25) is 5.91 Å². The van der Waals surface area contributed by atoms with Gasteiger partial charge in [-0.25, -0.2) is 12.8 Å². The predicted molar refractivity (Wildman–Crippen MR) is 126 cm³/mol. The van der Waals surface area contributed by atoms with E-state index in [2.05, 4.69) is 5.32 Å². The largest absolute Gasteiger partial charge is 0.372 e. The average molecular weight is 470 g/mol. The molecule has 33 heavy (non-hydrogen) atoms. The molecule has 3 aromatic carbocycles. The molecular formula is C24H24FN3O4S. The summed E-state index contributed by atoms with van der Waals surface area (Å²) in [5.74, 6) is -1.01. The highest BCUT2D eigenvalue weighted by Gasteiger charge is 2.36. The highest BCUT2D eigenvalue weighted by molar-refractivity contribution is 7.93. The number of halogens is 1. The number of ether oxygens (including phenoxy) is 1. The minimum atomic E-state index is -3.85. The fourth-order valence-corrected chi connectivity index (χ4v) is 6.34. The van der Waals surface area contributed by atoms with Crippen molar-refractivity contribution < 1.29 is 22.3 Å². The van der Waals surface area contributed by atoms with E-state index in [-0.39, 0.29) is 22.8 Å². The molecule has 2 aliphatic rings. The second-order valence-corrected chi connectivity index (χ2v) is 10.4. The van der Waals surface area contributed by atoms with Gasteiger partial charge >= 0.3 is 0 Å². The fraction of sp³-hybridized carbons (Fsp3) is 0.292. The Kier molecular flexibility index (Phi) is 5.25. The standard InChI is InChI=1S/C24H24FN3O4S/c1-15-12-27(13-16(2)32-15)20-10-9-18(11-19(20)25)26-23(29)14-28-21-7-3-5-17-6-4-8-22(24(17)21)33(28,30)31/h3-11,15-16H,12-14H2,1-2H3,(H,26,29). The third-order valence-corrected chi connectivity index (χ3v) is 7.76. The quantitative estimate of drug-likeness (QED) is 0.630. The lowest BCUT2D eigenvalue weighted by Crippen LogP contribution is -2.45. The van der Waals surface area contributed by atoms with Gasteiger partial charge in [-0.1, -0.05) is 24.3 Å². The number of sulfonamides is 1. The molecule has 0 aromatic heterocycles. The fourth-order valence-electron chi connectivity index (χ4n) is 4.68. The Bertz CT molecular complexity index is 1350. The number of carbonyl (C=O) groups is 1. The van der Waals surface area contributed by atoms with Crippen molar-refractivity contribution in [3.63, 3.8) is 0 Å². The second-order valence-electron chi connectivity index (χ2n) is 8.52. The third kappa shape index (κ3) is 3.81. The summed E-state index contributed by atoms with van der Waals surface area (Å²) in [5.41, 5.74) is 1.18. The summed E-state index contributed by atoms with van der Waals surface area (Å²) in [7, 11) is -3.85. The van der Waals surface area contributed by atoms with Crippen LogP contribution in [-0.2, 0) is 19.6 Å². The molecule has 2 unspecified atom stereocenters. The van der Waals surface area contributed by atoms with Gasteiger partial charge in [-0.3, -0.25) is 9.10 Å². The van der Waals surface area contributed by atoms with Crippen molar-refractivity contribution in [2.45, 2.75) is 31.0 Å². The zero-order valence-corrected chi connectivity index (χ0v) is 19.1. The van der Waals surface area contributed by atoms with Crippen LogP contribution in [0.5, 0.6) is 0 Å². The molecule has 3 aromatic rings. The maximum absolute atomic E-state index is 14.9. The van der Waals surface area contributed by atoms with Gasteiger partial charge in [0.15, 0.2) is 0 Å². The Morgan fingerprint density at radius 3 is 2.45 bits per heavy atom. The average Bonchev–Trinajstić information content (AvgIpc) is 2.96. The summed E-state index contributed by atoms with van der Waals surface area (Å²) in [6.45, 7) is 4.64. The summed E-state index contributed by atoms with van der Waals surface area (Å²) < 4.78 is 47.8. The summed E-state index contributed by atoms with van der Waals surface area (Å²) >= 11 is 0. The molecule has 0 radical (unpaired) electrons. The number of anilines is 3. The van der Waals surface area contributed by atoms with Gasteiger partial charge in [0.25, 0.3) is 10.0 Å². The van der Waals surface area contributed by atoms with Crippen LogP contribution in [0.4, 0.5) is 21.5 Å². The number of nitrogens with one attached hydrogen (secondary N) is 1. The van der Waals surface area contributed by atoms with E-state index in [1.807, 2.05) is 30.9 Å². The Hall–Kier alpha value is -3.17. The molecule has 2 aliphatic heterocycles. The van der Waals surface area contributed by atoms with Crippen LogP contribution in [0.25, 0.3) is 10.8 Å². The van der Waals surface area contributed by atoms with E-state index >= 15 is 0 Å². The first-order valence-corrected chi connectivity index (χ1v) is 12.2. The van der Waals surface area contributed by atoms with E-state index in [0.717, 1.165) is 9.69 Å². The van der Waals surface area contributed by atoms with Crippen molar-refractivity contribution >= 4 is 43.8 Å². The van der Waals surface area contributed by atoms with Gasteiger partial charge in [-0.2, -0.15) is 0 Å². The van der Waals surface area contributed by atoms with Crippen molar-refractivity contribution in [1.29, 1.82) is 0 Å². The molecule has 1 saturated heterocycles. The van der Waals surface area contributed by atoms with Crippen LogP contribution >= 0.6 is 0 Å². The van der Waals surface area contributed by atoms with Gasteiger partial charge in [-0.05, 0) is 49.6 Å². The molecule has 7 nitrogen and oxygen atoms in total. The van der Waals surface area contributed by atoms with E-state index in [1.54, 1.807) is 36.4 Å². The SMILES string of the molecule is CC1CN(c2ccc(NC(=O)CN3c4cccc5cccc(c45)S3(=O)=O)cc2F)CC(C)O1. The molecule has 5 rings (SSSR count). The van der Waals surface area contributed by atoms with Crippen LogP contribution in [0.1, 0.15) is 13.8 Å². The minimum absolute atomic E-state index is 0.0106. The highest BCUT2D eigenvalue weighted by atomic mass is 32.2. The zero-order valence-electron chi connectivity index (χ0n) is 18.3. The predicted octanol–water partition coefficient (Wildman–Crippen LogP) is 3.74. The van der Waals surface area contributed by atoms with E-state index in [1.165, 1.54) is 6.07 Å². The van der Waals surface area contributed by atoms with Crippen molar-refractivity contribution in [2.75, 3.05) is 34.2 Å².